The molecule has 0 aromatic carbocycles. The normalized spacial score (nSPS) is 12.0. The number of hydrogen-bond donors (Lipinski definition) is 1. The Hall–Kier alpha value is -0.0400. The molecule has 0 radical (unpaired) electrons. The molecule has 0 atom stereocenters. The van der Waals surface area contributed by atoms with E-state index in [-0.39, 0.29) is 0 Å². The number of hydrogen-bond acceptors (Lipinski definition) is 1. The second-order valence-electron chi connectivity index (χ2n) is 6.04. The van der Waals surface area contributed by atoms with E-state index in [1.54, 1.807) is 0 Å². The predicted molar refractivity (Wildman–Crippen MR) is 79.6 cm³/mol. The van der Waals surface area contributed by atoms with Crippen LogP contribution in [0.15, 0.2) is 0 Å². The Morgan fingerprint density at radius 2 is 1.24 bits per heavy atom. The van der Waals surface area contributed by atoms with Gasteiger partial charge in [-0.1, -0.05) is 65.2 Å². The van der Waals surface area contributed by atoms with Gasteiger partial charge in [0.15, 0.2) is 0 Å². The SMILES string of the molecule is CCCCCCCCCCNC(C)(C)CCC. The molecule has 0 bridgehead atoms. The van der Waals surface area contributed by atoms with Gasteiger partial charge in [0.2, 0.25) is 0 Å². The van der Waals surface area contributed by atoms with Gasteiger partial charge in [0.1, 0.15) is 0 Å². The van der Waals surface area contributed by atoms with Crippen LogP contribution in [0.5, 0.6) is 0 Å². The van der Waals surface area contributed by atoms with Crippen molar-refractivity contribution >= 4 is 0 Å². The summed E-state index contributed by atoms with van der Waals surface area (Å²) in [6.45, 7) is 10.4. The average Bonchev–Trinajstić information content (AvgIpc) is 2.27. The van der Waals surface area contributed by atoms with Crippen molar-refractivity contribution in [3.63, 3.8) is 0 Å². The molecule has 0 aromatic rings. The first-order valence-corrected chi connectivity index (χ1v) is 7.87. The van der Waals surface area contributed by atoms with E-state index in [1.165, 1.54) is 70.8 Å². The maximum Gasteiger partial charge on any atom is 0.0125 e. The second kappa shape index (κ2) is 11.1. The predicted octanol–water partition coefficient (Wildman–Crippen LogP) is 5.30. The van der Waals surface area contributed by atoms with Crippen LogP contribution in [-0.4, -0.2) is 12.1 Å². The van der Waals surface area contributed by atoms with E-state index in [2.05, 4.69) is 33.0 Å². The molecule has 0 aliphatic rings. The van der Waals surface area contributed by atoms with Crippen LogP contribution in [0.2, 0.25) is 0 Å². The maximum atomic E-state index is 3.67. The lowest BCUT2D eigenvalue weighted by Crippen LogP contribution is -2.39. The third kappa shape index (κ3) is 12.2. The van der Waals surface area contributed by atoms with E-state index in [1.807, 2.05) is 0 Å². The zero-order valence-corrected chi connectivity index (χ0v) is 12.8. The van der Waals surface area contributed by atoms with Gasteiger partial charge in [0, 0.05) is 5.54 Å². The summed E-state index contributed by atoms with van der Waals surface area (Å²) in [4.78, 5) is 0. The molecule has 0 spiro atoms. The second-order valence-corrected chi connectivity index (χ2v) is 6.04. The van der Waals surface area contributed by atoms with Crippen molar-refractivity contribution in [2.45, 2.75) is 97.4 Å². The Balaban J connectivity index is 3.18. The fourth-order valence-electron chi connectivity index (χ4n) is 2.40. The molecule has 0 aromatic heterocycles. The largest absolute Gasteiger partial charge is 0.312 e. The minimum Gasteiger partial charge on any atom is -0.312 e. The van der Waals surface area contributed by atoms with Gasteiger partial charge in [-0.2, -0.15) is 0 Å². The summed E-state index contributed by atoms with van der Waals surface area (Å²) < 4.78 is 0. The highest BCUT2D eigenvalue weighted by Gasteiger charge is 2.14. The third-order valence-electron chi connectivity index (χ3n) is 3.51. The summed E-state index contributed by atoms with van der Waals surface area (Å²) in [5, 5.41) is 3.67. The molecule has 17 heavy (non-hydrogen) atoms. The molecular formula is C16H35N. The highest BCUT2D eigenvalue weighted by molar-refractivity contribution is 4.76. The van der Waals surface area contributed by atoms with Crippen LogP contribution in [0.25, 0.3) is 0 Å². The first-order chi connectivity index (χ1) is 8.12. The Morgan fingerprint density at radius 1 is 0.706 bits per heavy atom. The molecule has 0 aliphatic carbocycles. The minimum absolute atomic E-state index is 0.343. The summed E-state index contributed by atoms with van der Waals surface area (Å²) in [6, 6.07) is 0. The van der Waals surface area contributed by atoms with Crippen molar-refractivity contribution in [2.24, 2.45) is 0 Å². The summed E-state index contributed by atoms with van der Waals surface area (Å²) in [7, 11) is 0. The van der Waals surface area contributed by atoms with Crippen molar-refractivity contribution in [3.8, 4) is 0 Å². The van der Waals surface area contributed by atoms with Crippen LogP contribution >= 0.6 is 0 Å². The molecule has 0 rings (SSSR count). The highest BCUT2D eigenvalue weighted by Crippen LogP contribution is 2.11. The van der Waals surface area contributed by atoms with Gasteiger partial charge < -0.3 is 5.32 Å². The van der Waals surface area contributed by atoms with Gasteiger partial charge in [0.25, 0.3) is 0 Å². The van der Waals surface area contributed by atoms with E-state index >= 15 is 0 Å². The third-order valence-corrected chi connectivity index (χ3v) is 3.51. The molecule has 0 saturated heterocycles. The van der Waals surface area contributed by atoms with Crippen molar-refractivity contribution in [1.29, 1.82) is 0 Å². The topological polar surface area (TPSA) is 12.0 Å². The van der Waals surface area contributed by atoms with Crippen LogP contribution < -0.4 is 5.32 Å². The molecule has 0 aliphatic heterocycles. The fraction of sp³-hybridized carbons (Fsp3) is 1.00. The van der Waals surface area contributed by atoms with Crippen LogP contribution in [0.1, 0.15) is 91.9 Å². The monoisotopic (exact) mass is 241 g/mol. The molecule has 0 heterocycles. The molecule has 1 heteroatoms. The summed E-state index contributed by atoms with van der Waals surface area (Å²) >= 11 is 0. The van der Waals surface area contributed by atoms with Crippen LogP contribution in [-0.2, 0) is 0 Å². The van der Waals surface area contributed by atoms with E-state index in [0.717, 1.165) is 0 Å². The summed E-state index contributed by atoms with van der Waals surface area (Å²) in [5.41, 5.74) is 0.343. The Morgan fingerprint density at radius 3 is 1.76 bits per heavy atom. The van der Waals surface area contributed by atoms with Crippen molar-refractivity contribution in [3.05, 3.63) is 0 Å². The standard InChI is InChI=1S/C16H35N/c1-5-7-8-9-10-11-12-13-15-17-16(3,4)14-6-2/h17H,5-15H2,1-4H3. The summed E-state index contributed by atoms with van der Waals surface area (Å²) in [6.07, 6.45) is 13.9. The van der Waals surface area contributed by atoms with Gasteiger partial charge in [-0.15, -0.1) is 0 Å². The fourth-order valence-corrected chi connectivity index (χ4v) is 2.40. The molecule has 0 saturated carbocycles. The molecule has 0 unspecified atom stereocenters. The van der Waals surface area contributed by atoms with E-state index in [9.17, 15) is 0 Å². The van der Waals surface area contributed by atoms with E-state index in [0.29, 0.717) is 5.54 Å². The van der Waals surface area contributed by atoms with Crippen molar-refractivity contribution in [2.75, 3.05) is 6.54 Å². The number of rotatable bonds is 12. The van der Waals surface area contributed by atoms with Crippen LogP contribution in [0, 0.1) is 0 Å². The van der Waals surface area contributed by atoms with Gasteiger partial charge in [-0.05, 0) is 33.2 Å². The molecule has 0 fully saturated rings. The van der Waals surface area contributed by atoms with Crippen molar-refractivity contribution in [1.82, 2.24) is 5.32 Å². The lowest BCUT2D eigenvalue weighted by molar-refractivity contribution is 0.354. The van der Waals surface area contributed by atoms with E-state index in [4.69, 9.17) is 0 Å². The molecule has 1 nitrogen and oxygen atoms in total. The number of unbranched alkanes of at least 4 members (excludes halogenated alkanes) is 7. The van der Waals surface area contributed by atoms with Crippen LogP contribution in [0.4, 0.5) is 0 Å². The molecule has 104 valence electrons. The lowest BCUT2D eigenvalue weighted by Gasteiger charge is -2.25. The van der Waals surface area contributed by atoms with Gasteiger partial charge in [0.05, 0.1) is 0 Å². The summed E-state index contributed by atoms with van der Waals surface area (Å²) in [5.74, 6) is 0. The smallest absolute Gasteiger partial charge is 0.0125 e. The first-order valence-electron chi connectivity index (χ1n) is 7.87. The lowest BCUT2D eigenvalue weighted by atomic mass is 9.98. The molecular weight excluding hydrogens is 206 g/mol. The minimum atomic E-state index is 0.343. The number of nitrogens with one attached hydrogen (secondary N) is 1. The van der Waals surface area contributed by atoms with Gasteiger partial charge >= 0.3 is 0 Å². The van der Waals surface area contributed by atoms with Gasteiger partial charge in [-0.25, -0.2) is 0 Å². The maximum absolute atomic E-state index is 3.67. The molecule has 1 N–H and O–H groups in total. The zero-order chi connectivity index (χ0) is 13.0. The quantitative estimate of drug-likeness (QED) is 0.457. The van der Waals surface area contributed by atoms with Gasteiger partial charge in [-0.3, -0.25) is 0 Å². The Labute approximate surface area is 110 Å². The zero-order valence-electron chi connectivity index (χ0n) is 12.8. The average molecular weight is 241 g/mol. The molecule has 0 amide bonds. The Kier molecular flexibility index (Phi) is 11.0. The van der Waals surface area contributed by atoms with E-state index < -0.39 is 0 Å². The Bertz CT molecular complexity index is 152. The van der Waals surface area contributed by atoms with Crippen LogP contribution in [0.3, 0.4) is 0 Å². The van der Waals surface area contributed by atoms with Crippen molar-refractivity contribution < 1.29 is 0 Å². The highest BCUT2D eigenvalue weighted by atomic mass is 14.9. The first kappa shape index (κ1) is 17.0.